The molecule has 0 N–H and O–H groups in total. The Bertz CT molecular complexity index is 484. The van der Waals surface area contributed by atoms with Gasteiger partial charge in [0, 0.05) is 0 Å². The van der Waals surface area contributed by atoms with Crippen molar-refractivity contribution in [1.82, 2.24) is 9.97 Å². The lowest BCUT2D eigenvalue weighted by Crippen LogP contribution is -2.14. The van der Waals surface area contributed by atoms with Crippen LogP contribution in [0, 0.1) is 0 Å². The van der Waals surface area contributed by atoms with Gasteiger partial charge in [0.15, 0.2) is 10.3 Å². The van der Waals surface area contributed by atoms with Crippen molar-refractivity contribution in [3.8, 4) is 5.75 Å². The van der Waals surface area contributed by atoms with Crippen LogP contribution in [0.2, 0.25) is 15.6 Å². The first kappa shape index (κ1) is 14.8. The highest BCUT2D eigenvalue weighted by Gasteiger charge is 2.19. The fourth-order valence-corrected chi connectivity index (χ4v) is 2.88. The van der Waals surface area contributed by atoms with E-state index < -0.39 is 10.1 Å². The van der Waals surface area contributed by atoms with Gasteiger partial charge in [-0.25, -0.2) is 9.97 Å². The first-order chi connectivity index (χ1) is 7.85. The Hall–Kier alpha value is -0.300. The predicted molar refractivity (Wildman–Crippen MR) is 66.4 cm³/mol. The van der Waals surface area contributed by atoms with E-state index in [4.69, 9.17) is 39.0 Å². The van der Waals surface area contributed by atoms with Crippen LogP contribution in [-0.4, -0.2) is 24.1 Å². The Balaban J connectivity index is 2.96. The van der Waals surface area contributed by atoms with Crippen LogP contribution >= 0.6 is 34.8 Å². The number of hydrogen-bond acceptors (Lipinski definition) is 5. The lowest BCUT2D eigenvalue weighted by atomic mass is 10.4. The van der Waals surface area contributed by atoms with E-state index in [1.807, 2.05) is 6.92 Å². The summed E-state index contributed by atoms with van der Waals surface area (Å²) < 4.78 is 27.8. The van der Waals surface area contributed by atoms with Crippen molar-refractivity contribution in [1.29, 1.82) is 0 Å². The van der Waals surface area contributed by atoms with E-state index in [0.29, 0.717) is 6.42 Å². The molecule has 1 aromatic rings. The van der Waals surface area contributed by atoms with Gasteiger partial charge in [-0.15, -0.1) is 0 Å². The number of halogens is 3. The summed E-state index contributed by atoms with van der Waals surface area (Å²) in [6.45, 7) is 1.86. The van der Waals surface area contributed by atoms with E-state index in [1.165, 1.54) is 0 Å². The highest BCUT2D eigenvalue weighted by atomic mass is 35.5. The number of nitrogens with zero attached hydrogens (tertiary/aromatic N) is 2. The Morgan fingerprint density at radius 1 is 1.18 bits per heavy atom. The van der Waals surface area contributed by atoms with Crippen molar-refractivity contribution in [3.63, 3.8) is 0 Å². The molecular weight excluding hydrogens is 311 g/mol. The van der Waals surface area contributed by atoms with Crippen molar-refractivity contribution in [3.05, 3.63) is 15.6 Å². The van der Waals surface area contributed by atoms with Crippen LogP contribution in [0.3, 0.4) is 0 Å². The van der Waals surface area contributed by atoms with Gasteiger partial charge in [-0.2, -0.15) is 8.42 Å². The standard InChI is InChI=1S/C8H9Cl3N2O3S/c1-2-3-4-17(14,15)16-5-6(9)12-8(11)13-7(5)10/h2-4H2,1H3. The van der Waals surface area contributed by atoms with Crippen LogP contribution in [0.1, 0.15) is 19.8 Å². The molecule has 0 saturated heterocycles. The van der Waals surface area contributed by atoms with Gasteiger partial charge in [0.1, 0.15) is 0 Å². The van der Waals surface area contributed by atoms with Gasteiger partial charge in [-0.1, -0.05) is 36.5 Å². The lowest BCUT2D eigenvalue weighted by molar-refractivity contribution is 0.481. The molecule has 0 aliphatic carbocycles. The van der Waals surface area contributed by atoms with Crippen LogP contribution in [0.25, 0.3) is 0 Å². The molecule has 96 valence electrons. The highest BCUT2D eigenvalue weighted by molar-refractivity contribution is 7.87. The second-order valence-electron chi connectivity index (χ2n) is 3.10. The lowest BCUT2D eigenvalue weighted by Gasteiger charge is -2.08. The Morgan fingerprint density at radius 2 is 1.71 bits per heavy atom. The minimum atomic E-state index is -3.75. The summed E-state index contributed by atoms with van der Waals surface area (Å²) in [6.07, 6.45) is 1.20. The van der Waals surface area contributed by atoms with E-state index in [2.05, 4.69) is 9.97 Å². The quantitative estimate of drug-likeness (QED) is 0.474. The molecule has 17 heavy (non-hydrogen) atoms. The molecule has 0 spiro atoms. The van der Waals surface area contributed by atoms with Gasteiger partial charge < -0.3 is 4.18 Å². The largest absolute Gasteiger partial charge is 0.376 e. The summed E-state index contributed by atoms with van der Waals surface area (Å²) in [7, 11) is -3.75. The maximum atomic E-state index is 11.5. The summed E-state index contributed by atoms with van der Waals surface area (Å²) in [5, 5.41) is -0.663. The van der Waals surface area contributed by atoms with Gasteiger partial charge in [0.25, 0.3) is 0 Å². The van der Waals surface area contributed by atoms with Gasteiger partial charge >= 0.3 is 10.1 Å². The molecule has 1 aromatic heterocycles. The van der Waals surface area contributed by atoms with Crippen molar-refractivity contribution in [2.45, 2.75) is 19.8 Å². The number of hydrogen-bond donors (Lipinski definition) is 0. The molecule has 9 heteroatoms. The summed E-state index contributed by atoms with van der Waals surface area (Å²) in [4.78, 5) is 7.09. The molecule has 0 bridgehead atoms. The van der Waals surface area contributed by atoms with Crippen LogP contribution in [0.15, 0.2) is 0 Å². The van der Waals surface area contributed by atoms with Crippen LogP contribution in [-0.2, 0) is 10.1 Å². The summed E-state index contributed by atoms with van der Waals surface area (Å²) in [6, 6.07) is 0. The first-order valence-electron chi connectivity index (χ1n) is 4.66. The van der Waals surface area contributed by atoms with E-state index in [1.54, 1.807) is 0 Å². The monoisotopic (exact) mass is 318 g/mol. The average molecular weight is 320 g/mol. The molecule has 0 aliphatic rings. The topological polar surface area (TPSA) is 69.2 Å². The molecule has 0 radical (unpaired) electrons. The Labute approximate surface area is 114 Å². The maximum Gasteiger partial charge on any atom is 0.309 e. The van der Waals surface area contributed by atoms with Crippen LogP contribution in [0.5, 0.6) is 5.75 Å². The summed E-state index contributed by atoms with van der Waals surface area (Å²) in [5.74, 6) is -0.424. The summed E-state index contributed by atoms with van der Waals surface area (Å²) >= 11 is 16.8. The number of aromatic nitrogens is 2. The van der Waals surface area contributed by atoms with E-state index in [-0.39, 0.29) is 27.1 Å². The van der Waals surface area contributed by atoms with Gasteiger partial charge in [0.2, 0.25) is 11.0 Å². The maximum absolute atomic E-state index is 11.5. The Morgan fingerprint density at radius 3 is 2.18 bits per heavy atom. The zero-order valence-corrected chi connectivity index (χ0v) is 11.9. The molecular formula is C8H9Cl3N2O3S. The molecule has 0 fully saturated rings. The second-order valence-corrected chi connectivity index (χ2v) is 5.85. The van der Waals surface area contributed by atoms with Crippen LogP contribution in [0.4, 0.5) is 0 Å². The zero-order valence-electron chi connectivity index (χ0n) is 8.78. The normalized spacial score (nSPS) is 11.5. The number of unbranched alkanes of at least 4 members (excludes halogenated alkanes) is 1. The number of rotatable bonds is 5. The van der Waals surface area contributed by atoms with Gasteiger partial charge in [0.05, 0.1) is 5.75 Å². The summed E-state index contributed by atoms with van der Waals surface area (Å²) in [5.41, 5.74) is 0. The highest BCUT2D eigenvalue weighted by Crippen LogP contribution is 2.32. The molecule has 0 aromatic carbocycles. The third-order valence-electron chi connectivity index (χ3n) is 1.71. The fourth-order valence-electron chi connectivity index (χ4n) is 0.932. The fraction of sp³-hybridized carbons (Fsp3) is 0.500. The molecule has 0 aliphatic heterocycles. The van der Waals surface area contributed by atoms with E-state index in [0.717, 1.165) is 6.42 Å². The third-order valence-corrected chi connectivity index (χ3v) is 3.60. The average Bonchev–Trinajstić information content (AvgIpc) is 2.21. The smallest absolute Gasteiger partial charge is 0.309 e. The van der Waals surface area contributed by atoms with Crippen molar-refractivity contribution >= 4 is 44.9 Å². The minimum absolute atomic E-state index is 0.126. The molecule has 1 heterocycles. The zero-order chi connectivity index (χ0) is 13.1. The first-order valence-corrected chi connectivity index (χ1v) is 7.37. The molecule has 1 rings (SSSR count). The van der Waals surface area contributed by atoms with Crippen molar-refractivity contribution in [2.75, 3.05) is 5.75 Å². The molecule has 0 unspecified atom stereocenters. The second kappa shape index (κ2) is 6.04. The van der Waals surface area contributed by atoms with Gasteiger partial charge in [-0.3, -0.25) is 0 Å². The molecule has 5 nitrogen and oxygen atoms in total. The van der Waals surface area contributed by atoms with Crippen molar-refractivity contribution < 1.29 is 12.6 Å². The van der Waals surface area contributed by atoms with E-state index >= 15 is 0 Å². The Kier molecular flexibility index (Phi) is 5.24. The molecule has 0 atom stereocenters. The SMILES string of the molecule is CCCCS(=O)(=O)Oc1c(Cl)nc(Cl)nc1Cl. The third kappa shape index (κ3) is 4.46. The predicted octanol–water partition coefficient (Wildman–Crippen LogP) is 2.95. The van der Waals surface area contributed by atoms with Crippen molar-refractivity contribution in [2.24, 2.45) is 0 Å². The van der Waals surface area contributed by atoms with E-state index in [9.17, 15) is 8.42 Å². The molecule has 0 amide bonds. The van der Waals surface area contributed by atoms with Gasteiger partial charge in [-0.05, 0) is 18.0 Å². The molecule has 0 saturated carbocycles. The minimum Gasteiger partial charge on any atom is -0.376 e. The van der Waals surface area contributed by atoms with Crippen LogP contribution < -0.4 is 4.18 Å².